The molecule has 0 bridgehead atoms. The average molecular weight is 285 g/mol. The van der Waals surface area contributed by atoms with Gasteiger partial charge in [-0.25, -0.2) is 8.78 Å². The number of nitrogens with one attached hydrogen (secondary N) is 3. The highest BCUT2D eigenvalue weighted by Crippen LogP contribution is 2.25. The molecule has 0 saturated heterocycles. The molecule has 0 aliphatic rings. The molecule has 0 aromatic heterocycles. The minimum absolute atomic E-state index is 0.0152. The molecule has 1 aromatic carbocycles. The van der Waals surface area contributed by atoms with Crippen LogP contribution in [-0.2, 0) is 9.59 Å². The van der Waals surface area contributed by atoms with E-state index >= 15 is 0 Å². The third kappa shape index (κ3) is 4.27. The van der Waals surface area contributed by atoms with Crippen LogP contribution in [0.4, 0.5) is 20.2 Å². The van der Waals surface area contributed by atoms with E-state index in [2.05, 4.69) is 16.0 Å². The summed E-state index contributed by atoms with van der Waals surface area (Å²) in [5.41, 5.74) is 0.0356. The number of amides is 2. The van der Waals surface area contributed by atoms with E-state index in [0.717, 1.165) is 12.1 Å². The Kier molecular flexibility index (Phi) is 5.57. The molecule has 110 valence electrons. The van der Waals surface area contributed by atoms with Crippen molar-refractivity contribution < 1.29 is 18.4 Å². The summed E-state index contributed by atoms with van der Waals surface area (Å²) in [5.74, 6) is -3.38. The van der Waals surface area contributed by atoms with E-state index in [1.54, 1.807) is 14.0 Å². The Morgan fingerprint density at radius 2 is 1.65 bits per heavy atom. The van der Waals surface area contributed by atoms with Gasteiger partial charge in [-0.3, -0.25) is 9.59 Å². The number of halogens is 2. The summed E-state index contributed by atoms with van der Waals surface area (Å²) in [5, 5.41) is 7.65. The summed E-state index contributed by atoms with van der Waals surface area (Å²) < 4.78 is 26.4. The highest BCUT2D eigenvalue weighted by molar-refractivity contribution is 5.99. The van der Waals surface area contributed by atoms with Crippen LogP contribution in [0.2, 0.25) is 0 Å². The highest BCUT2D eigenvalue weighted by Gasteiger charge is 2.16. The van der Waals surface area contributed by atoms with Gasteiger partial charge >= 0.3 is 0 Å². The molecule has 3 N–H and O–H groups in total. The maximum Gasteiger partial charge on any atom is 0.228 e. The lowest BCUT2D eigenvalue weighted by Crippen LogP contribution is -2.29. The second kappa shape index (κ2) is 6.95. The molecule has 1 unspecified atom stereocenters. The summed E-state index contributed by atoms with van der Waals surface area (Å²) in [6.07, 6.45) is 0. The quantitative estimate of drug-likeness (QED) is 0.771. The minimum Gasteiger partial charge on any atom is -0.324 e. The van der Waals surface area contributed by atoms with Crippen LogP contribution in [0.3, 0.4) is 0 Å². The monoisotopic (exact) mass is 285 g/mol. The summed E-state index contributed by atoms with van der Waals surface area (Å²) in [7, 11) is 1.70. The van der Waals surface area contributed by atoms with Gasteiger partial charge in [0, 0.05) is 31.5 Å². The first-order chi connectivity index (χ1) is 9.35. The molecule has 1 atom stereocenters. The van der Waals surface area contributed by atoms with Crippen LogP contribution in [0.5, 0.6) is 0 Å². The first-order valence-electron chi connectivity index (χ1n) is 6.07. The van der Waals surface area contributed by atoms with Crippen LogP contribution < -0.4 is 16.0 Å². The third-order valence-electron chi connectivity index (χ3n) is 2.59. The largest absolute Gasteiger partial charge is 0.324 e. The van der Waals surface area contributed by atoms with Crippen molar-refractivity contribution in [3.8, 4) is 0 Å². The molecular formula is C13H17F2N3O2. The summed E-state index contributed by atoms with van der Waals surface area (Å²) in [6.45, 7) is 3.35. The van der Waals surface area contributed by atoms with Crippen molar-refractivity contribution in [1.29, 1.82) is 0 Å². The number of rotatable bonds is 5. The van der Waals surface area contributed by atoms with Crippen molar-refractivity contribution in [3.63, 3.8) is 0 Å². The topological polar surface area (TPSA) is 70.2 Å². The zero-order chi connectivity index (χ0) is 15.3. The molecule has 0 spiro atoms. The van der Waals surface area contributed by atoms with Gasteiger partial charge in [0.15, 0.2) is 11.6 Å². The van der Waals surface area contributed by atoms with Gasteiger partial charge in [0.2, 0.25) is 11.8 Å². The first-order valence-corrected chi connectivity index (χ1v) is 6.07. The predicted octanol–water partition coefficient (Wildman–Crippen LogP) is 1.72. The minimum atomic E-state index is -1.10. The summed E-state index contributed by atoms with van der Waals surface area (Å²) in [4.78, 5) is 22.9. The van der Waals surface area contributed by atoms with Gasteiger partial charge in [-0.2, -0.15) is 0 Å². The van der Waals surface area contributed by atoms with Gasteiger partial charge in [-0.15, -0.1) is 0 Å². The molecule has 1 rings (SSSR count). The van der Waals surface area contributed by atoms with E-state index in [4.69, 9.17) is 0 Å². The maximum absolute atomic E-state index is 13.2. The summed E-state index contributed by atoms with van der Waals surface area (Å²) in [6, 6.07) is 1.67. The van der Waals surface area contributed by atoms with Crippen molar-refractivity contribution >= 4 is 23.2 Å². The fourth-order valence-corrected chi connectivity index (χ4v) is 1.60. The van der Waals surface area contributed by atoms with Crippen LogP contribution in [0.1, 0.15) is 13.8 Å². The molecule has 0 radical (unpaired) electrons. The summed E-state index contributed by atoms with van der Waals surface area (Å²) >= 11 is 0. The average Bonchev–Trinajstić information content (AvgIpc) is 2.35. The van der Waals surface area contributed by atoms with Crippen LogP contribution in [-0.4, -0.2) is 25.4 Å². The zero-order valence-electron chi connectivity index (χ0n) is 11.5. The SMILES string of the molecule is CNCC(C)C(=O)Nc1cc(F)c(F)cc1NC(C)=O. The van der Waals surface area contributed by atoms with Crippen molar-refractivity contribution in [2.45, 2.75) is 13.8 Å². The Hall–Kier alpha value is -2.02. The van der Waals surface area contributed by atoms with Crippen LogP contribution >= 0.6 is 0 Å². The molecular weight excluding hydrogens is 268 g/mol. The van der Waals surface area contributed by atoms with Gasteiger partial charge in [-0.1, -0.05) is 6.92 Å². The Labute approximate surface area is 115 Å². The fourth-order valence-electron chi connectivity index (χ4n) is 1.60. The van der Waals surface area contributed by atoms with E-state index < -0.39 is 17.5 Å². The molecule has 20 heavy (non-hydrogen) atoms. The Bertz CT molecular complexity index is 521. The van der Waals surface area contributed by atoms with Crippen molar-refractivity contribution in [1.82, 2.24) is 5.32 Å². The predicted molar refractivity (Wildman–Crippen MR) is 72.4 cm³/mol. The van der Waals surface area contributed by atoms with Crippen molar-refractivity contribution in [2.75, 3.05) is 24.2 Å². The van der Waals surface area contributed by atoms with Gasteiger partial charge in [0.1, 0.15) is 0 Å². The number of benzene rings is 1. The Morgan fingerprint density at radius 1 is 1.15 bits per heavy atom. The van der Waals surface area contributed by atoms with Crippen molar-refractivity contribution in [3.05, 3.63) is 23.8 Å². The molecule has 0 aliphatic heterocycles. The van der Waals surface area contributed by atoms with Gasteiger partial charge < -0.3 is 16.0 Å². The van der Waals surface area contributed by atoms with Crippen LogP contribution in [0.25, 0.3) is 0 Å². The molecule has 0 aliphatic carbocycles. The fraction of sp³-hybridized carbons (Fsp3) is 0.385. The molecule has 7 heteroatoms. The van der Waals surface area contributed by atoms with Crippen molar-refractivity contribution in [2.24, 2.45) is 5.92 Å². The number of hydrogen-bond donors (Lipinski definition) is 3. The van der Waals surface area contributed by atoms with E-state index in [1.807, 2.05) is 0 Å². The van der Waals surface area contributed by atoms with E-state index in [-0.39, 0.29) is 23.2 Å². The number of hydrogen-bond acceptors (Lipinski definition) is 3. The molecule has 0 heterocycles. The maximum atomic E-state index is 13.2. The Balaban J connectivity index is 3.00. The molecule has 0 saturated carbocycles. The number of anilines is 2. The van der Waals surface area contributed by atoms with Crippen LogP contribution in [0, 0.1) is 17.6 Å². The second-order valence-electron chi connectivity index (χ2n) is 4.44. The first kappa shape index (κ1) is 16.0. The highest BCUT2D eigenvalue weighted by atomic mass is 19.2. The van der Waals surface area contributed by atoms with E-state index in [0.29, 0.717) is 6.54 Å². The number of carbonyl (C=O) groups excluding carboxylic acids is 2. The lowest BCUT2D eigenvalue weighted by atomic mass is 10.1. The van der Waals surface area contributed by atoms with E-state index in [1.165, 1.54) is 6.92 Å². The molecule has 5 nitrogen and oxygen atoms in total. The lowest BCUT2D eigenvalue weighted by molar-refractivity contribution is -0.119. The normalized spacial score (nSPS) is 11.8. The van der Waals surface area contributed by atoms with E-state index in [9.17, 15) is 18.4 Å². The molecule has 2 amide bonds. The molecule has 0 fully saturated rings. The van der Waals surface area contributed by atoms with Gasteiger partial charge in [-0.05, 0) is 7.05 Å². The van der Waals surface area contributed by atoms with Gasteiger partial charge in [0.25, 0.3) is 0 Å². The number of carbonyl (C=O) groups is 2. The second-order valence-corrected chi connectivity index (χ2v) is 4.44. The van der Waals surface area contributed by atoms with Crippen LogP contribution in [0.15, 0.2) is 12.1 Å². The zero-order valence-corrected chi connectivity index (χ0v) is 11.5. The Morgan fingerprint density at radius 3 is 2.10 bits per heavy atom. The standard InChI is InChI=1S/C13H17F2N3O2/c1-7(6-16-3)13(20)18-12-5-10(15)9(14)4-11(12)17-8(2)19/h4-5,7,16H,6H2,1-3H3,(H,17,19)(H,18,20). The molecule has 1 aromatic rings. The smallest absolute Gasteiger partial charge is 0.228 e. The lowest BCUT2D eigenvalue weighted by Gasteiger charge is -2.15. The van der Waals surface area contributed by atoms with Gasteiger partial charge in [0.05, 0.1) is 11.4 Å². The third-order valence-corrected chi connectivity index (χ3v) is 2.59.